The Balaban J connectivity index is 1.37. The number of benzene rings is 3. The summed E-state index contributed by atoms with van der Waals surface area (Å²) in [6.45, 7) is 2.10. The smallest absolute Gasteiger partial charge is 0.0894 e. The Labute approximate surface area is 193 Å². The number of halogens is 1. The van der Waals surface area contributed by atoms with E-state index in [0.717, 1.165) is 24.7 Å². The number of unbranched alkanes of at least 4 members (excludes halogenated alkanes) is 1. The van der Waals surface area contributed by atoms with E-state index in [4.69, 9.17) is 0 Å². The third-order valence-corrected chi connectivity index (χ3v) is 7.28. The van der Waals surface area contributed by atoms with Crippen LogP contribution >= 0.6 is 0 Å². The fourth-order valence-electron chi connectivity index (χ4n) is 5.28. The maximum absolute atomic E-state index is 12.3. The minimum absolute atomic E-state index is 0.215. The third kappa shape index (κ3) is 5.88. The van der Waals surface area contributed by atoms with E-state index in [0.29, 0.717) is 6.42 Å². The van der Waals surface area contributed by atoms with Crippen molar-refractivity contribution in [3.63, 3.8) is 0 Å². The summed E-state index contributed by atoms with van der Waals surface area (Å²) in [6, 6.07) is 26.9. The first kappa shape index (κ1) is 22.8. The van der Waals surface area contributed by atoms with Gasteiger partial charge >= 0.3 is 0 Å². The topological polar surface area (TPSA) is 0 Å². The molecule has 0 saturated heterocycles. The van der Waals surface area contributed by atoms with E-state index in [-0.39, 0.29) is 6.67 Å². The van der Waals surface area contributed by atoms with Gasteiger partial charge in [0.15, 0.2) is 0 Å². The van der Waals surface area contributed by atoms with Crippen LogP contribution in [-0.2, 0) is 6.42 Å². The van der Waals surface area contributed by atoms with Crippen molar-refractivity contribution in [2.75, 3.05) is 6.67 Å². The van der Waals surface area contributed by atoms with Crippen LogP contribution in [0.25, 0.3) is 22.3 Å². The average molecular weight is 429 g/mol. The highest BCUT2D eigenvalue weighted by Crippen LogP contribution is 2.38. The molecule has 0 aliphatic heterocycles. The molecule has 0 aromatic heterocycles. The third-order valence-electron chi connectivity index (χ3n) is 7.28. The number of alkyl halides is 1. The predicted molar refractivity (Wildman–Crippen MR) is 136 cm³/mol. The maximum Gasteiger partial charge on any atom is 0.0894 e. The van der Waals surface area contributed by atoms with Crippen LogP contribution in [0.1, 0.15) is 75.3 Å². The van der Waals surface area contributed by atoms with E-state index in [2.05, 4.69) is 79.7 Å². The van der Waals surface area contributed by atoms with E-state index in [9.17, 15) is 4.39 Å². The normalized spacial score (nSPS) is 18.6. The molecule has 0 bridgehead atoms. The van der Waals surface area contributed by atoms with Crippen molar-refractivity contribution in [2.45, 2.75) is 70.6 Å². The molecular weight excluding hydrogens is 391 g/mol. The van der Waals surface area contributed by atoms with Crippen molar-refractivity contribution < 1.29 is 4.39 Å². The zero-order chi connectivity index (χ0) is 22.2. The van der Waals surface area contributed by atoms with Crippen molar-refractivity contribution in [3.05, 3.63) is 83.9 Å². The Bertz CT molecular complexity index is 929. The summed E-state index contributed by atoms with van der Waals surface area (Å²) in [5.74, 6) is 1.71. The SMILES string of the molecule is CCC[C@H]1CC[C@H](c2ccc(-c3ccc(-c4ccc(CCCCF)cc4)cc3)cc2)CC1. The Morgan fingerprint density at radius 3 is 1.66 bits per heavy atom. The van der Waals surface area contributed by atoms with Gasteiger partial charge in [-0.3, -0.25) is 4.39 Å². The van der Waals surface area contributed by atoms with E-state index in [1.807, 2.05) is 0 Å². The first-order valence-electron chi connectivity index (χ1n) is 12.6. The van der Waals surface area contributed by atoms with Crippen LogP contribution < -0.4 is 0 Å². The molecule has 0 N–H and O–H groups in total. The minimum Gasteiger partial charge on any atom is -0.251 e. The minimum atomic E-state index is -0.215. The van der Waals surface area contributed by atoms with Gasteiger partial charge in [0.1, 0.15) is 0 Å². The van der Waals surface area contributed by atoms with E-state index in [1.165, 1.54) is 71.9 Å². The van der Waals surface area contributed by atoms with Crippen LogP contribution in [0.2, 0.25) is 0 Å². The van der Waals surface area contributed by atoms with Gasteiger partial charge in [0.25, 0.3) is 0 Å². The molecule has 0 amide bonds. The lowest BCUT2D eigenvalue weighted by Crippen LogP contribution is -2.13. The molecule has 1 fully saturated rings. The van der Waals surface area contributed by atoms with Gasteiger partial charge in [0.05, 0.1) is 6.67 Å². The second kappa shape index (κ2) is 11.5. The largest absolute Gasteiger partial charge is 0.251 e. The van der Waals surface area contributed by atoms with Crippen molar-refractivity contribution >= 4 is 0 Å². The molecule has 3 aromatic rings. The summed E-state index contributed by atoms with van der Waals surface area (Å²) < 4.78 is 12.3. The molecule has 32 heavy (non-hydrogen) atoms. The number of aryl methyl sites for hydroxylation is 1. The second-order valence-electron chi connectivity index (χ2n) is 9.55. The molecule has 1 aliphatic rings. The molecule has 0 unspecified atom stereocenters. The predicted octanol–water partition coefficient (Wildman–Crippen LogP) is 9.39. The Hall–Kier alpha value is -2.41. The zero-order valence-corrected chi connectivity index (χ0v) is 19.5. The van der Waals surface area contributed by atoms with Gasteiger partial charge in [0.2, 0.25) is 0 Å². The average Bonchev–Trinajstić information content (AvgIpc) is 2.86. The van der Waals surface area contributed by atoms with Crippen LogP contribution in [-0.4, -0.2) is 6.67 Å². The quantitative estimate of drug-likeness (QED) is 0.298. The summed E-state index contributed by atoms with van der Waals surface area (Å²) in [5, 5.41) is 0. The molecule has 3 aromatic carbocycles. The Morgan fingerprint density at radius 2 is 1.16 bits per heavy atom. The van der Waals surface area contributed by atoms with Gasteiger partial charge in [-0.1, -0.05) is 92.6 Å². The second-order valence-corrected chi connectivity index (χ2v) is 9.55. The number of hydrogen-bond donors (Lipinski definition) is 0. The summed E-state index contributed by atoms with van der Waals surface area (Å²) in [4.78, 5) is 0. The summed E-state index contributed by atoms with van der Waals surface area (Å²) in [7, 11) is 0. The molecule has 0 atom stereocenters. The zero-order valence-electron chi connectivity index (χ0n) is 19.5. The highest BCUT2D eigenvalue weighted by molar-refractivity contribution is 5.70. The summed E-state index contributed by atoms with van der Waals surface area (Å²) in [5.41, 5.74) is 7.85. The molecule has 4 rings (SSSR count). The van der Waals surface area contributed by atoms with Crippen LogP contribution in [0.3, 0.4) is 0 Å². The standard InChI is InChI=1S/C31H37F/c1-2-5-24-7-11-26(12-8-24)28-15-19-30(20-16-28)31-21-17-29(18-22-31)27-13-9-25(10-14-27)6-3-4-23-32/h9-10,13-22,24,26H,2-8,11-12,23H2,1H3/t24-,26-. The number of hydrogen-bond acceptors (Lipinski definition) is 0. The Kier molecular flexibility index (Phi) is 8.15. The fraction of sp³-hybridized carbons (Fsp3) is 0.419. The van der Waals surface area contributed by atoms with Crippen molar-refractivity contribution in [1.29, 1.82) is 0 Å². The summed E-state index contributed by atoms with van der Waals surface area (Å²) in [6.07, 6.45) is 10.8. The molecule has 0 spiro atoms. The molecule has 0 radical (unpaired) electrons. The van der Waals surface area contributed by atoms with Crippen LogP contribution in [0.15, 0.2) is 72.8 Å². The fourth-order valence-corrected chi connectivity index (χ4v) is 5.28. The highest BCUT2D eigenvalue weighted by atomic mass is 19.1. The Morgan fingerprint density at radius 1 is 0.656 bits per heavy atom. The van der Waals surface area contributed by atoms with Gasteiger partial charge in [0, 0.05) is 0 Å². The molecule has 1 saturated carbocycles. The van der Waals surface area contributed by atoms with Gasteiger partial charge in [-0.25, -0.2) is 0 Å². The van der Waals surface area contributed by atoms with Gasteiger partial charge in [-0.15, -0.1) is 0 Å². The number of rotatable bonds is 9. The van der Waals surface area contributed by atoms with Crippen LogP contribution in [0.4, 0.5) is 4.39 Å². The lowest BCUT2D eigenvalue weighted by molar-refractivity contribution is 0.308. The summed E-state index contributed by atoms with van der Waals surface area (Å²) >= 11 is 0. The molecule has 168 valence electrons. The lowest BCUT2D eigenvalue weighted by Gasteiger charge is -2.28. The van der Waals surface area contributed by atoms with E-state index < -0.39 is 0 Å². The molecular formula is C31H37F. The van der Waals surface area contributed by atoms with Crippen molar-refractivity contribution in [2.24, 2.45) is 5.92 Å². The van der Waals surface area contributed by atoms with Crippen LogP contribution in [0.5, 0.6) is 0 Å². The van der Waals surface area contributed by atoms with Gasteiger partial charge in [-0.05, 0) is 90.2 Å². The van der Waals surface area contributed by atoms with Crippen molar-refractivity contribution in [3.8, 4) is 22.3 Å². The first-order chi connectivity index (χ1) is 15.8. The highest BCUT2D eigenvalue weighted by Gasteiger charge is 2.21. The monoisotopic (exact) mass is 428 g/mol. The van der Waals surface area contributed by atoms with Crippen molar-refractivity contribution in [1.82, 2.24) is 0 Å². The lowest BCUT2D eigenvalue weighted by atomic mass is 9.77. The maximum atomic E-state index is 12.3. The molecule has 0 heterocycles. The first-order valence-corrected chi connectivity index (χ1v) is 12.6. The van der Waals surface area contributed by atoms with E-state index in [1.54, 1.807) is 0 Å². The molecule has 0 nitrogen and oxygen atoms in total. The molecule has 1 aliphatic carbocycles. The van der Waals surface area contributed by atoms with Gasteiger partial charge < -0.3 is 0 Å². The van der Waals surface area contributed by atoms with Crippen LogP contribution in [0, 0.1) is 5.92 Å². The molecule has 1 heteroatoms. The van der Waals surface area contributed by atoms with E-state index >= 15 is 0 Å². The van der Waals surface area contributed by atoms with Gasteiger partial charge in [-0.2, -0.15) is 0 Å².